The molecule has 2 unspecified atom stereocenters. The van der Waals surface area contributed by atoms with Gasteiger partial charge in [-0.05, 0) is 12.5 Å². The molecule has 0 saturated carbocycles. The van der Waals surface area contributed by atoms with Crippen molar-refractivity contribution in [1.29, 1.82) is 0 Å². The van der Waals surface area contributed by atoms with Crippen molar-refractivity contribution >= 4 is 64.3 Å². The van der Waals surface area contributed by atoms with Crippen LogP contribution in [0.15, 0.2) is 28.8 Å². The summed E-state index contributed by atoms with van der Waals surface area (Å²) in [6.45, 7) is 2.64. The fourth-order valence-corrected chi connectivity index (χ4v) is 5.32. The highest BCUT2D eigenvalue weighted by Crippen LogP contribution is 2.42. The molecule has 0 spiro atoms. The first kappa shape index (κ1) is 23.4. The summed E-state index contributed by atoms with van der Waals surface area (Å²) in [5.41, 5.74) is 0.150. The number of benzene rings is 1. The van der Waals surface area contributed by atoms with Crippen LogP contribution in [0.1, 0.15) is 18.1 Å². The largest absolute Gasteiger partial charge is 0.481 e. The van der Waals surface area contributed by atoms with Crippen molar-refractivity contribution in [2.45, 2.75) is 25.3 Å². The lowest BCUT2D eigenvalue weighted by molar-refractivity contribution is -0.164. The summed E-state index contributed by atoms with van der Waals surface area (Å²) in [5, 5.41) is 11.9. The summed E-state index contributed by atoms with van der Waals surface area (Å²) >= 11 is 13.1. The second-order valence-electron chi connectivity index (χ2n) is 7.49. The van der Waals surface area contributed by atoms with Crippen LogP contribution < -0.4 is 5.32 Å². The van der Waals surface area contributed by atoms with Crippen molar-refractivity contribution in [2.24, 2.45) is 5.41 Å². The highest BCUT2D eigenvalue weighted by atomic mass is 35.5. The molecule has 0 radical (unpaired) electrons. The lowest BCUT2D eigenvalue weighted by atomic mass is 9.88. The number of fused-ring (bicyclic) bond motifs is 1. The number of carboxylic acids is 1. The minimum Gasteiger partial charge on any atom is -0.481 e. The average molecular weight is 487 g/mol. The highest BCUT2D eigenvalue weighted by molar-refractivity contribution is 8.00. The van der Waals surface area contributed by atoms with Crippen molar-refractivity contribution in [3.05, 3.63) is 39.9 Å². The summed E-state index contributed by atoms with van der Waals surface area (Å²) in [6, 6.07) is 6.18. The number of hydrogen-bond acceptors (Lipinski definition) is 6. The van der Waals surface area contributed by atoms with Crippen LogP contribution >= 0.6 is 35.0 Å². The van der Waals surface area contributed by atoms with E-state index >= 15 is 0 Å². The molecule has 0 aromatic heterocycles. The van der Waals surface area contributed by atoms with Gasteiger partial charge in [0.25, 0.3) is 5.91 Å². The first-order valence-corrected chi connectivity index (χ1v) is 11.1. The first-order valence-electron chi connectivity index (χ1n) is 9.28. The van der Waals surface area contributed by atoms with Gasteiger partial charge in [-0.2, -0.15) is 0 Å². The van der Waals surface area contributed by atoms with E-state index in [-0.39, 0.29) is 29.0 Å². The van der Waals surface area contributed by atoms with Gasteiger partial charge in [0.15, 0.2) is 0 Å². The Morgan fingerprint density at radius 2 is 1.94 bits per heavy atom. The van der Waals surface area contributed by atoms with Gasteiger partial charge < -0.3 is 20.1 Å². The van der Waals surface area contributed by atoms with Crippen LogP contribution in [0.2, 0.25) is 0 Å². The number of nitrogens with zero attached hydrogens (tertiary/aromatic N) is 1. The third-order valence-corrected chi connectivity index (χ3v) is 7.16. The molecule has 2 saturated heterocycles. The number of ether oxygens (including phenoxy) is 1. The number of aryl methyl sites for hydroxylation is 1. The minimum absolute atomic E-state index is 0.0464. The molecule has 2 aliphatic rings. The van der Waals surface area contributed by atoms with Gasteiger partial charge in [0.05, 0.1) is 5.57 Å². The van der Waals surface area contributed by atoms with Crippen LogP contribution in [0.4, 0.5) is 0 Å². The van der Waals surface area contributed by atoms with Crippen molar-refractivity contribution in [3.8, 4) is 0 Å². The summed E-state index contributed by atoms with van der Waals surface area (Å²) in [7, 11) is 0. The second kappa shape index (κ2) is 9.10. The topological polar surface area (TPSA) is 113 Å². The van der Waals surface area contributed by atoms with E-state index in [2.05, 4.69) is 5.32 Å². The molecule has 0 aliphatic carbocycles. The summed E-state index contributed by atoms with van der Waals surface area (Å²) in [5.74, 6) is -2.65. The van der Waals surface area contributed by atoms with Gasteiger partial charge in [-0.25, -0.2) is 0 Å². The SMILES string of the molecule is CC(=O)OCC1(C(=O)O)CS[C@@H]2C(NC(=O)C(=C(Cl)Cl)c3ccc(C)cc3)C(=O)N2C1. The van der Waals surface area contributed by atoms with E-state index < -0.39 is 40.6 Å². The Hall–Kier alpha value is -2.23. The molecular weight excluding hydrogens is 467 g/mol. The third-order valence-electron chi connectivity index (χ3n) is 5.19. The molecule has 2 heterocycles. The van der Waals surface area contributed by atoms with E-state index in [4.69, 9.17) is 27.9 Å². The number of hydrogen-bond donors (Lipinski definition) is 2. The number of carbonyl (C=O) groups excluding carboxylic acids is 3. The Morgan fingerprint density at radius 3 is 2.48 bits per heavy atom. The predicted octanol–water partition coefficient (Wildman–Crippen LogP) is 2.18. The molecule has 3 rings (SSSR count). The number of aliphatic carboxylic acids is 1. The Balaban J connectivity index is 1.72. The zero-order chi connectivity index (χ0) is 22.9. The van der Waals surface area contributed by atoms with Crippen LogP contribution in [0.25, 0.3) is 5.57 Å². The maximum atomic E-state index is 12.8. The standard InChI is InChI=1S/C20H20Cl2N2O6S/c1-10-3-5-12(6-4-10)13(15(21)22)16(26)23-14-17(27)24-7-20(19(28)29,8-30-11(2)25)9-31-18(14)24/h3-6,14,18H,7-9H2,1-2H3,(H,23,26)(H,28,29)/t14?,18-,20?/m1/s1. The van der Waals surface area contributed by atoms with Gasteiger partial charge in [-0.15, -0.1) is 11.8 Å². The Labute approximate surface area is 192 Å². The van der Waals surface area contributed by atoms with Crippen LogP contribution in [-0.4, -0.2) is 64.1 Å². The summed E-state index contributed by atoms with van der Waals surface area (Å²) in [4.78, 5) is 49.8. The van der Waals surface area contributed by atoms with Crippen molar-refractivity contribution in [3.63, 3.8) is 0 Å². The first-order chi connectivity index (χ1) is 14.6. The van der Waals surface area contributed by atoms with Crippen molar-refractivity contribution in [2.75, 3.05) is 18.9 Å². The zero-order valence-electron chi connectivity index (χ0n) is 16.7. The monoisotopic (exact) mass is 486 g/mol. The predicted molar refractivity (Wildman–Crippen MR) is 116 cm³/mol. The molecule has 2 aliphatic heterocycles. The fraction of sp³-hybridized carbons (Fsp3) is 0.400. The molecule has 1 aromatic carbocycles. The van der Waals surface area contributed by atoms with Crippen molar-refractivity contribution < 1.29 is 29.0 Å². The van der Waals surface area contributed by atoms with E-state index in [0.717, 1.165) is 5.56 Å². The molecule has 166 valence electrons. The maximum absolute atomic E-state index is 12.8. The molecule has 0 bridgehead atoms. The lowest BCUT2D eigenvalue weighted by Gasteiger charge is -2.53. The Morgan fingerprint density at radius 1 is 1.29 bits per heavy atom. The van der Waals surface area contributed by atoms with E-state index in [1.165, 1.54) is 23.6 Å². The highest BCUT2D eigenvalue weighted by Gasteiger charge is 2.58. The number of amides is 2. The van der Waals surface area contributed by atoms with E-state index in [9.17, 15) is 24.3 Å². The number of halogens is 2. The Kier molecular flexibility index (Phi) is 6.88. The molecule has 31 heavy (non-hydrogen) atoms. The number of thioether (sulfide) groups is 1. The molecular formula is C20H20Cl2N2O6S. The Bertz CT molecular complexity index is 963. The van der Waals surface area contributed by atoms with Gasteiger partial charge in [-0.3, -0.25) is 19.2 Å². The van der Waals surface area contributed by atoms with Gasteiger partial charge in [-0.1, -0.05) is 53.0 Å². The van der Waals surface area contributed by atoms with Gasteiger partial charge in [0, 0.05) is 19.2 Å². The normalized spacial score (nSPS) is 24.5. The van der Waals surface area contributed by atoms with Crippen LogP contribution in [0.5, 0.6) is 0 Å². The number of esters is 1. The second-order valence-corrected chi connectivity index (χ2v) is 9.54. The maximum Gasteiger partial charge on any atom is 0.315 e. The zero-order valence-corrected chi connectivity index (χ0v) is 19.0. The molecule has 1 aromatic rings. The van der Waals surface area contributed by atoms with Gasteiger partial charge in [0.1, 0.15) is 27.9 Å². The van der Waals surface area contributed by atoms with Gasteiger partial charge in [0.2, 0.25) is 5.91 Å². The summed E-state index contributed by atoms with van der Waals surface area (Å²) in [6.07, 6.45) is 0. The number of carboxylic acid groups (broad SMARTS) is 1. The number of rotatable bonds is 6. The van der Waals surface area contributed by atoms with Crippen LogP contribution in [-0.2, 0) is 23.9 Å². The summed E-state index contributed by atoms with van der Waals surface area (Å²) < 4.78 is 4.69. The van der Waals surface area contributed by atoms with Crippen LogP contribution in [0.3, 0.4) is 0 Å². The fourth-order valence-electron chi connectivity index (χ4n) is 3.41. The van der Waals surface area contributed by atoms with Crippen molar-refractivity contribution in [1.82, 2.24) is 10.2 Å². The molecule has 11 heteroatoms. The lowest BCUT2D eigenvalue weighted by Crippen LogP contribution is -2.74. The minimum atomic E-state index is -1.40. The molecule has 2 N–H and O–H groups in total. The quantitative estimate of drug-likeness (QED) is 0.359. The van der Waals surface area contributed by atoms with E-state index in [1.807, 2.05) is 6.92 Å². The molecule has 2 fully saturated rings. The average Bonchev–Trinajstić information content (AvgIpc) is 2.71. The number of nitrogens with one attached hydrogen (secondary N) is 1. The molecule has 8 nitrogen and oxygen atoms in total. The number of carbonyl (C=O) groups is 4. The van der Waals surface area contributed by atoms with E-state index in [0.29, 0.717) is 5.56 Å². The third kappa shape index (κ3) is 4.68. The molecule has 3 atom stereocenters. The smallest absolute Gasteiger partial charge is 0.315 e. The van der Waals surface area contributed by atoms with E-state index in [1.54, 1.807) is 24.3 Å². The number of β-lactam (4-membered cyclic amide) rings is 1. The van der Waals surface area contributed by atoms with Gasteiger partial charge >= 0.3 is 11.9 Å². The molecule has 2 amide bonds. The van der Waals surface area contributed by atoms with Crippen LogP contribution in [0, 0.1) is 12.3 Å².